The number of amides is 1. The molecule has 1 atom stereocenters. The van der Waals surface area contributed by atoms with E-state index < -0.39 is 11.7 Å². The summed E-state index contributed by atoms with van der Waals surface area (Å²) >= 11 is 6.50. The fraction of sp³-hybridized carbons (Fsp3) is 0.429. The molecule has 0 saturated heterocycles. The van der Waals surface area contributed by atoms with Gasteiger partial charge in [-0.3, -0.25) is 4.79 Å². The molecule has 2 aromatic heterocycles. The minimum Gasteiger partial charge on any atom is -0.392 e. The number of benzene rings is 1. The SMILES string of the molecule is COCC1Cn2cc(-c3cc(NC4CCC(F)(F)CC4)ncc3Cl)cc2C(=O)N1Cc1cc(F)ccc1CO. The van der Waals surface area contributed by atoms with E-state index in [4.69, 9.17) is 16.3 Å². The van der Waals surface area contributed by atoms with Crippen LogP contribution in [0.2, 0.25) is 5.02 Å². The molecule has 1 aliphatic carbocycles. The molecule has 2 aliphatic rings. The predicted molar refractivity (Wildman–Crippen MR) is 141 cm³/mol. The summed E-state index contributed by atoms with van der Waals surface area (Å²) in [7, 11) is 1.55. The van der Waals surface area contributed by atoms with Gasteiger partial charge < -0.3 is 24.6 Å². The molecule has 1 unspecified atom stereocenters. The number of rotatable bonds is 8. The van der Waals surface area contributed by atoms with E-state index in [1.807, 2.05) is 10.8 Å². The Bertz CT molecular complexity index is 1360. The van der Waals surface area contributed by atoms with Crippen LogP contribution < -0.4 is 5.32 Å². The van der Waals surface area contributed by atoms with Crippen molar-refractivity contribution in [2.45, 2.75) is 63.4 Å². The van der Waals surface area contributed by atoms with Gasteiger partial charge in [0.25, 0.3) is 5.91 Å². The number of nitrogens with one attached hydrogen (secondary N) is 1. The molecule has 7 nitrogen and oxygen atoms in total. The fourth-order valence-electron chi connectivity index (χ4n) is 5.37. The van der Waals surface area contributed by atoms with Gasteiger partial charge in [0.2, 0.25) is 5.92 Å². The van der Waals surface area contributed by atoms with Gasteiger partial charge in [0.05, 0.1) is 24.3 Å². The maximum atomic E-state index is 14.0. The molecule has 0 bridgehead atoms. The van der Waals surface area contributed by atoms with E-state index in [0.717, 1.165) is 0 Å². The zero-order valence-electron chi connectivity index (χ0n) is 21.5. The van der Waals surface area contributed by atoms with Gasteiger partial charge in [0.1, 0.15) is 17.3 Å². The summed E-state index contributed by atoms with van der Waals surface area (Å²) in [5, 5.41) is 13.4. The number of halogens is 4. The Kier molecular flexibility index (Phi) is 7.89. The van der Waals surface area contributed by atoms with Crippen molar-refractivity contribution >= 4 is 23.3 Å². The summed E-state index contributed by atoms with van der Waals surface area (Å²) in [6.07, 6.45) is 3.74. The van der Waals surface area contributed by atoms with Gasteiger partial charge in [-0.2, -0.15) is 0 Å². The lowest BCUT2D eigenvalue weighted by molar-refractivity contribution is -0.0361. The van der Waals surface area contributed by atoms with E-state index in [2.05, 4.69) is 10.3 Å². The monoisotopic (exact) mass is 562 g/mol. The van der Waals surface area contributed by atoms with Crippen LogP contribution in [0.5, 0.6) is 0 Å². The molecule has 1 aromatic carbocycles. The lowest BCUT2D eigenvalue weighted by Gasteiger charge is -2.36. The predicted octanol–water partition coefficient (Wildman–Crippen LogP) is 5.50. The first-order chi connectivity index (χ1) is 18.7. The van der Waals surface area contributed by atoms with Crippen molar-refractivity contribution in [3.63, 3.8) is 0 Å². The zero-order chi connectivity index (χ0) is 27.7. The van der Waals surface area contributed by atoms with E-state index in [9.17, 15) is 23.1 Å². The van der Waals surface area contributed by atoms with Crippen molar-refractivity contribution in [3.05, 3.63) is 70.4 Å². The van der Waals surface area contributed by atoms with Crippen molar-refractivity contribution in [2.75, 3.05) is 19.0 Å². The number of pyridine rings is 1. The largest absolute Gasteiger partial charge is 0.392 e. The van der Waals surface area contributed by atoms with E-state index in [0.29, 0.717) is 58.2 Å². The van der Waals surface area contributed by atoms with Crippen LogP contribution in [0, 0.1) is 5.82 Å². The second-order valence-corrected chi connectivity index (χ2v) is 10.6. The molecule has 5 rings (SSSR count). The number of nitrogens with zero attached hydrogens (tertiary/aromatic N) is 3. The van der Waals surface area contributed by atoms with E-state index in [-0.39, 0.29) is 50.6 Å². The quantitative estimate of drug-likeness (QED) is 0.379. The molecule has 1 amide bonds. The first-order valence-corrected chi connectivity index (χ1v) is 13.2. The van der Waals surface area contributed by atoms with Gasteiger partial charge in [-0.05, 0) is 48.2 Å². The van der Waals surface area contributed by atoms with Gasteiger partial charge in [-0.15, -0.1) is 0 Å². The van der Waals surface area contributed by atoms with Crippen LogP contribution in [-0.2, 0) is 24.4 Å². The van der Waals surface area contributed by atoms with E-state index >= 15 is 0 Å². The maximum Gasteiger partial charge on any atom is 0.271 e. The number of aromatic nitrogens is 2. The number of aliphatic hydroxyl groups excluding tert-OH is 1. The van der Waals surface area contributed by atoms with Crippen LogP contribution in [0.1, 0.15) is 47.3 Å². The Hall–Kier alpha value is -3.08. The van der Waals surface area contributed by atoms with Crippen molar-refractivity contribution in [2.24, 2.45) is 0 Å². The molecule has 1 fully saturated rings. The van der Waals surface area contributed by atoms with Crippen LogP contribution in [0.25, 0.3) is 11.1 Å². The highest BCUT2D eigenvalue weighted by atomic mass is 35.5. The molecular weight excluding hydrogens is 533 g/mol. The molecule has 0 radical (unpaired) electrons. The van der Waals surface area contributed by atoms with Gasteiger partial charge in [-0.25, -0.2) is 18.2 Å². The van der Waals surface area contributed by atoms with Gasteiger partial charge in [0.15, 0.2) is 0 Å². The number of hydrogen-bond donors (Lipinski definition) is 2. The lowest BCUT2D eigenvalue weighted by Crippen LogP contribution is -2.49. The smallest absolute Gasteiger partial charge is 0.271 e. The fourth-order valence-corrected chi connectivity index (χ4v) is 5.59. The Morgan fingerprint density at radius 1 is 1.21 bits per heavy atom. The molecule has 3 heterocycles. The molecule has 1 saturated carbocycles. The third-order valence-corrected chi connectivity index (χ3v) is 7.80. The highest BCUT2D eigenvalue weighted by Crippen LogP contribution is 2.36. The molecule has 39 heavy (non-hydrogen) atoms. The van der Waals surface area contributed by atoms with Crippen LogP contribution in [0.4, 0.5) is 19.0 Å². The Labute approximate surface area is 229 Å². The number of ether oxygens (including phenoxy) is 1. The average Bonchev–Trinajstić information content (AvgIpc) is 3.33. The van der Waals surface area contributed by atoms with Crippen molar-refractivity contribution in [1.82, 2.24) is 14.5 Å². The summed E-state index contributed by atoms with van der Waals surface area (Å²) in [5.74, 6) is -2.78. The Morgan fingerprint density at radius 3 is 2.69 bits per heavy atom. The number of carbonyl (C=O) groups excluding carboxylic acids is 1. The number of fused-ring (bicyclic) bond motifs is 1. The minimum atomic E-state index is -2.61. The third kappa shape index (κ3) is 5.92. The zero-order valence-corrected chi connectivity index (χ0v) is 22.2. The normalized spacial score (nSPS) is 19.3. The van der Waals surface area contributed by atoms with Crippen molar-refractivity contribution < 1.29 is 27.8 Å². The number of carbonyl (C=O) groups is 1. The number of alkyl halides is 2. The van der Waals surface area contributed by atoms with Crippen LogP contribution in [-0.4, -0.2) is 57.2 Å². The maximum absolute atomic E-state index is 14.0. The highest BCUT2D eigenvalue weighted by Gasteiger charge is 2.36. The number of aliphatic hydroxyl groups is 1. The second-order valence-electron chi connectivity index (χ2n) is 10.2. The first kappa shape index (κ1) is 27.5. The van der Waals surface area contributed by atoms with Crippen LogP contribution in [0.15, 0.2) is 42.7 Å². The molecule has 208 valence electrons. The molecule has 2 N–H and O–H groups in total. The summed E-state index contributed by atoms with van der Waals surface area (Å²) in [6, 6.07) is 7.23. The molecule has 1 aliphatic heterocycles. The van der Waals surface area contributed by atoms with E-state index in [1.165, 1.54) is 24.4 Å². The van der Waals surface area contributed by atoms with Gasteiger partial charge in [0, 0.05) is 62.6 Å². The number of hydrogen-bond acceptors (Lipinski definition) is 5. The molecule has 0 spiro atoms. The van der Waals surface area contributed by atoms with Gasteiger partial charge >= 0.3 is 0 Å². The Balaban J connectivity index is 1.41. The molecular formula is C28H30ClF3N4O3. The number of methoxy groups -OCH3 is 1. The van der Waals surface area contributed by atoms with Crippen molar-refractivity contribution in [3.8, 4) is 11.1 Å². The topological polar surface area (TPSA) is 79.6 Å². The Morgan fingerprint density at radius 2 is 1.97 bits per heavy atom. The minimum absolute atomic E-state index is 0.107. The molecule has 3 aromatic rings. The highest BCUT2D eigenvalue weighted by molar-refractivity contribution is 6.33. The second kappa shape index (κ2) is 11.2. The lowest BCUT2D eigenvalue weighted by atomic mass is 9.92. The van der Waals surface area contributed by atoms with Crippen LogP contribution in [0.3, 0.4) is 0 Å². The third-order valence-electron chi connectivity index (χ3n) is 7.50. The van der Waals surface area contributed by atoms with Crippen molar-refractivity contribution in [1.29, 1.82) is 0 Å². The van der Waals surface area contributed by atoms with Gasteiger partial charge in [-0.1, -0.05) is 17.7 Å². The molecule has 11 heteroatoms. The average molecular weight is 563 g/mol. The standard InChI is InChI=1S/C28H30ClF3N4O3/c1-39-16-22-14-35-12-19(9-25(35)27(38)36(22)13-18-8-20(30)3-2-17(18)15-37)23-10-26(33-11-24(23)29)34-21-4-6-28(31,32)7-5-21/h2-3,8-12,21-22,37H,4-7,13-16H2,1H3,(H,33,34). The summed E-state index contributed by atoms with van der Waals surface area (Å²) < 4.78 is 48.3. The van der Waals surface area contributed by atoms with Crippen LogP contribution >= 0.6 is 11.6 Å². The summed E-state index contributed by atoms with van der Waals surface area (Å²) in [6.45, 7) is 0.564. The van der Waals surface area contributed by atoms with E-state index in [1.54, 1.807) is 24.1 Å². The summed E-state index contributed by atoms with van der Waals surface area (Å²) in [5.41, 5.74) is 2.89. The first-order valence-electron chi connectivity index (χ1n) is 12.9. The number of anilines is 1. The summed E-state index contributed by atoms with van der Waals surface area (Å²) in [4.78, 5) is 19.6.